The fourth-order valence-corrected chi connectivity index (χ4v) is 4.05. The summed E-state index contributed by atoms with van der Waals surface area (Å²) in [4.78, 5) is 42.2. The van der Waals surface area contributed by atoms with E-state index in [0.29, 0.717) is 12.2 Å². The lowest BCUT2D eigenvalue weighted by Crippen LogP contribution is -2.39. The second-order valence-electron chi connectivity index (χ2n) is 8.14. The molecule has 2 aromatic carbocycles. The van der Waals surface area contributed by atoms with E-state index < -0.39 is 17.1 Å². The van der Waals surface area contributed by atoms with Crippen LogP contribution in [0.2, 0.25) is 0 Å². The molecule has 0 bridgehead atoms. The van der Waals surface area contributed by atoms with Crippen molar-refractivity contribution in [2.75, 3.05) is 5.75 Å². The Morgan fingerprint density at radius 2 is 1.68 bits per heavy atom. The van der Waals surface area contributed by atoms with E-state index in [1.54, 1.807) is 6.07 Å². The molecule has 3 aromatic rings. The quantitative estimate of drug-likeness (QED) is 0.417. The molecule has 3 rings (SSSR count). The Balaban J connectivity index is 1.92. The van der Waals surface area contributed by atoms with Crippen LogP contribution in [0.4, 0.5) is 5.69 Å². The highest BCUT2D eigenvalue weighted by Gasteiger charge is 2.22. The summed E-state index contributed by atoms with van der Waals surface area (Å²) >= 11 is 1.03. The van der Waals surface area contributed by atoms with E-state index >= 15 is 0 Å². The van der Waals surface area contributed by atoms with E-state index in [1.165, 1.54) is 14.1 Å². The van der Waals surface area contributed by atoms with Gasteiger partial charge in [-0.05, 0) is 49.6 Å². The van der Waals surface area contributed by atoms with Gasteiger partial charge in [0.25, 0.3) is 5.56 Å². The number of rotatable bonds is 6. The number of carbonyl (C=O) groups is 1. The average molecular weight is 481 g/mol. The van der Waals surface area contributed by atoms with E-state index in [2.05, 4.69) is 10.3 Å². The molecule has 0 aliphatic heterocycles. The molecule has 8 nitrogen and oxygen atoms in total. The van der Waals surface area contributed by atoms with Crippen molar-refractivity contribution in [2.45, 2.75) is 27.3 Å². The number of nitrogens with one attached hydrogen (secondary N) is 1. The van der Waals surface area contributed by atoms with Crippen LogP contribution in [0.5, 0.6) is 5.88 Å². The zero-order valence-corrected chi connectivity index (χ0v) is 20.7. The molecule has 34 heavy (non-hydrogen) atoms. The van der Waals surface area contributed by atoms with Gasteiger partial charge in [0.1, 0.15) is 10.6 Å². The third kappa shape index (κ3) is 5.66. The van der Waals surface area contributed by atoms with E-state index in [4.69, 9.17) is 0 Å². The molecular formula is C25H28N4O4S. The molecule has 0 spiro atoms. The number of nitrogens with zero attached hydrogens (tertiary/aromatic N) is 3. The van der Waals surface area contributed by atoms with E-state index in [0.717, 1.165) is 43.1 Å². The number of amides is 1. The SMILES string of the molecule is Cc1ccc(CNC(=O)CSC(=Nc2ccc(C)c(C)c2)c2c(O)n(C)c(=O)n(C)c2=O)cc1. The fourth-order valence-electron chi connectivity index (χ4n) is 3.18. The highest BCUT2D eigenvalue weighted by atomic mass is 32.2. The van der Waals surface area contributed by atoms with Gasteiger partial charge in [-0.25, -0.2) is 9.79 Å². The van der Waals surface area contributed by atoms with Gasteiger partial charge in [0.15, 0.2) is 0 Å². The molecule has 1 aromatic heterocycles. The summed E-state index contributed by atoms with van der Waals surface area (Å²) in [6.07, 6.45) is 0. The molecule has 1 amide bonds. The Labute approximate surface area is 202 Å². The summed E-state index contributed by atoms with van der Waals surface area (Å²) in [5.41, 5.74) is 3.31. The van der Waals surface area contributed by atoms with Crippen LogP contribution in [0.3, 0.4) is 0 Å². The third-order valence-electron chi connectivity index (χ3n) is 5.52. The summed E-state index contributed by atoms with van der Waals surface area (Å²) in [7, 11) is 2.70. The minimum absolute atomic E-state index is 0.0268. The minimum Gasteiger partial charge on any atom is -0.494 e. The molecule has 0 atom stereocenters. The summed E-state index contributed by atoms with van der Waals surface area (Å²) in [6, 6.07) is 13.4. The van der Waals surface area contributed by atoms with Crippen molar-refractivity contribution in [3.63, 3.8) is 0 Å². The highest BCUT2D eigenvalue weighted by Crippen LogP contribution is 2.24. The van der Waals surface area contributed by atoms with Crippen LogP contribution in [0.25, 0.3) is 0 Å². The van der Waals surface area contributed by atoms with Crippen LogP contribution in [-0.4, -0.2) is 30.9 Å². The van der Waals surface area contributed by atoms with Crippen LogP contribution < -0.4 is 16.6 Å². The van der Waals surface area contributed by atoms with Crippen LogP contribution in [0.1, 0.15) is 27.8 Å². The van der Waals surface area contributed by atoms with Gasteiger partial charge in [-0.3, -0.25) is 18.7 Å². The van der Waals surface area contributed by atoms with Crippen molar-refractivity contribution in [3.8, 4) is 5.88 Å². The number of carbonyl (C=O) groups excluding carboxylic acids is 1. The molecule has 2 N–H and O–H groups in total. The first-order valence-corrected chi connectivity index (χ1v) is 11.7. The molecule has 0 radical (unpaired) electrons. The Morgan fingerprint density at radius 3 is 2.32 bits per heavy atom. The van der Waals surface area contributed by atoms with Crippen LogP contribution in [0.15, 0.2) is 57.0 Å². The predicted molar refractivity (Wildman–Crippen MR) is 136 cm³/mol. The smallest absolute Gasteiger partial charge is 0.333 e. The third-order valence-corrected chi connectivity index (χ3v) is 6.49. The first kappa shape index (κ1) is 25.0. The topological polar surface area (TPSA) is 106 Å². The van der Waals surface area contributed by atoms with Crippen molar-refractivity contribution in [1.29, 1.82) is 0 Å². The Kier molecular flexibility index (Phi) is 7.78. The number of aromatic hydroxyl groups is 1. The van der Waals surface area contributed by atoms with Crippen molar-refractivity contribution < 1.29 is 9.90 Å². The molecule has 0 aliphatic carbocycles. The molecule has 9 heteroatoms. The van der Waals surface area contributed by atoms with Gasteiger partial charge in [0.2, 0.25) is 11.8 Å². The predicted octanol–water partition coefficient (Wildman–Crippen LogP) is 2.84. The lowest BCUT2D eigenvalue weighted by atomic mass is 10.1. The van der Waals surface area contributed by atoms with E-state index in [-0.39, 0.29) is 22.3 Å². The average Bonchev–Trinajstić information content (AvgIpc) is 2.81. The highest BCUT2D eigenvalue weighted by molar-refractivity contribution is 8.15. The molecule has 1 heterocycles. The lowest BCUT2D eigenvalue weighted by Gasteiger charge is -2.13. The molecule has 0 saturated carbocycles. The van der Waals surface area contributed by atoms with Crippen LogP contribution in [0, 0.1) is 20.8 Å². The Bertz CT molecular complexity index is 1370. The van der Waals surface area contributed by atoms with Gasteiger partial charge >= 0.3 is 5.69 Å². The molecule has 0 saturated heterocycles. The number of aryl methyl sites for hydroxylation is 3. The summed E-state index contributed by atoms with van der Waals surface area (Å²) in [5.74, 6) is -0.774. The summed E-state index contributed by atoms with van der Waals surface area (Å²) in [5, 5.41) is 13.6. The van der Waals surface area contributed by atoms with E-state index in [1.807, 2.05) is 57.2 Å². The zero-order valence-electron chi connectivity index (χ0n) is 19.9. The van der Waals surface area contributed by atoms with Crippen LogP contribution >= 0.6 is 11.8 Å². The minimum atomic E-state index is -0.684. The number of aliphatic imine (C=N–C) groups is 1. The van der Waals surface area contributed by atoms with Gasteiger partial charge in [-0.2, -0.15) is 0 Å². The van der Waals surface area contributed by atoms with Gasteiger partial charge in [0.05, 0.1) is 11.4 Å². The van der Waals surface area contributed by atoms with Gasteiger partial charge < -0.3 is 10.4 Å². The number of thioether (sulfide) groups is 1. The normalized spacial score (nSPS) is 11.5. The van der Waals surface area contributed by atoms with Crippen molar-refractivity contribution in [1.82, 2.24) is 14.5 Å². The van der Waals surface area contributed by atoms with Crippen LogP contribution in [-0.2, 0) is 25.4 Å². The second kappa shape index (κ2) is 10.6. The van der Waals surface area contributed by atoms with E-state index in [9.17, 15) is 19.5 Å². The maximum Gasteiger partial charge on any atom is 0.333 e. The van der Waals surface area contributed by atoms with Gasteiger partial charge in [-0.1, -0.05) is 47.7 Å². The fraction of sp³-hybridized carbons (Fsp3) is 0.280. The molecule has 0 fully saturated rings. The Morgan fingerprint density at radius 1 is 1.00 bits per heavy atom. The number of aromatic nitrogens is 2. The maximum absolute atomic E-state index is 12.9. The summed E-state index contributed by atoms with van der Waals surface area (Å²) < 4.78 is 1.88. The van der Waals surface area contributed by atoms with Crippen molar-refractivity contribution >= 4 is 28.4 Å². The largest absolute Gasteiger partial charge is 0.494 e. The standard InChI is InChI=1S/C25H28N4O4S/c1-15-6-9-18(10-7-15)13-26-20(30)14-34-22(27-19-11-8-16(2)17(3)12-19)21-23(31)28(4)25(33)29(5)24(21)32/h6-12,31H,13-14H2,1-5H3,(H,26,30). The van der Waals surface area contributed by atoms with Gasteiger partial charge in [-0.15, -0.1) is 0 Å². The summed E-state index contributed by atoms with van der Waals surface area (Å²) in [6.45, 7) is 6.29. The number of benzene rings is 2. The molecule has 0 unspecified atom stereocenters. The number of hydrogen-bond donors (Lipinski definition) is 2. The first-order valence-electron chi connectivity index (χ1n) is 10.7. The molecule has 178 valence electrons. The lowest BCUT2D eigenvalue weighted by molar-refractivity contribution is -0.118. The van der Waals surface area contributed by atoms with Crippen molar-refractivity contribution in [3.05, 3.63) is 91.1 Å². The van der Waals surface area contributed by atoms with Crippen molar-refractivity contribution in [2.24, 2.45) is 19.1 Å². The zero-order chi connectivity index (χ0) is 25.0. The second-order valence-corrected chi connectivity index (χ2v) is 9.10. The first-order chi connectivity index (χ1) is 16.1. The Hall–Kier alpha value is -3.59. The maximum atomic E-state index is 12.9. The molecule has 0 aliphatic rings. The van der Waals surface area contributed by atoms with Gasteiger partial charge in [0, 0.05) is 20.6 Å². The number of hydrogen-bond acceptors (Lipinski definition) is 6. The monoisotopic (exact) mass is 480 g/mol. The molecular weight excluding hydrogens is 452 g/mol.